The third-order valence-electron chi connectivity index (χ3n) is 7.28. The van der Waals surface area contributed by atoms with Crippen LogP contribution in [-0.2, 0) is 39.6 Å². The zero-order valence-corrected chi connectivity index (χ0v) is 23.1. The van der Waals surface area contributed by atoms with Crippen molar-refractivity contribution in [2.24, 2.45) is 7.05 Å². The molecule has 8 nitrogen and oxygen atoms in total. The average Bonchev–Trinajstić information content (AvgIpc) is 3.55. The molecule has 4 aromatic rings. The lowest BCUT2D eigenvalue weighted by Gasteiger charge is -2.26. The van der Waals surface area contributed by atoms with E-state index in [1.165, 1.54) is 12.1 Å². The number of ether oxygens (including phenoxy) is 1. The second-order valence-electron chi connectivity index (χ2n) is 9.82. The van der Waals surface area contributed by atoms with E-state index in [1.807, 2.05) is 66.3 Å². The summed E-state index contributed by atoms with van der Waals surface area (Å²) in [5, 5.41) is 0. The van der Waals surface area contributed by atoms with E-state index in [0.717, 1.165) is 28.8 Å². The Hall–Kier alpha value is -3.86. The quantitative estimate of drug-likeness (QED) is 0.299. The van der Waals surface area contributed by atoms with Gasteiger partial charge in [0.1, 0.15) is 11.6 Å². The Balaban J connectivity index is 1.44. The van der Waals surface area contributed by atoms with Gasteiger partial charge in [0.05, 0.1) is 24.0 Å². The predicted molar refractivity (Wildman–Crippen MR) is 149 cm³/mol. The van der Waals surface area contributed by atoms with E-state index in [4.69, 9.17) is 4.74 Å². The molecule has 40 heavy (non-hydrogen) atoms. The summed E-state index contributed by atoms with van der Waals surface area (Å²) >= 11 is 0. The van der Waals surface area contributed by atoms with Crippen LogP contribution >= 0.6 is 0 Å². The Morgan fingerprint density at radius 1 is 1.15 bits per heavy atom. The second-order valence-corrected chi connectivity index (χ2v) is 11.5. The van der Waals surface area contributed by atoms with E-state index in [9.17, 15) is 17.6 Å². The largest absolute Gasteiger partial charge is 0.376 e. The molecule has 1 N–H and O–H groups in total. The number of amides is 1. The third-order valence-corrected chi connectivity index (χ3v) is 8.77. The van der Waals surface area contributed by atoms with E-state index >= 15 is 0 Å². The maximum absolute atomic E-state index is 13.8. The number of hydrogen-bond donors (Lipinski definition) is 1. The number of imidazole rings is 1. The minimum Gasteiger partial charge on any atom is -0.376 e. The number of nitrogens with one attached hydrogen (secondary N) is 1. The molecule has 0 fully saturated rings. The number of nitrogens with zero attached hydrogens (tertiary/aromatic N) is 3. The highest BCUT2D eigenvalue weighted by Crippen LogP contribution is 2.36. The van der Waals surface area contributed by atoms with Crippen molar-refractivity contribution >= 4 is 21.6 Å². The van der Waals surface area contributed by atoms with Gasteiger partial charge in [0.15, 0.2) is 0 Å². The van der Waals surface area contributed by atoms with Crippen molar-refractivity contribution < 1.29 is 22.3 Å². The summed E-state index contributed by atoms with van der Waals surface area (Å²) in [5.41, 5.74) is 3.37. The van der Waals surface area contributed by atoms with Gasteiger partial charge in [0.2, 0.25) is 15.9 Å². The Bertz CT molecular complexity index is 1590. The SMILES string of the molecule is CO[C@H](CC(=O)N(Cc1nccn1C)c1ccc2c(c1)[C@H](NS(=O)(=O)c1ccc(F)cc1)CC2)c1ccccc1. The Labute approximate surface area is 233 Å². The maximum Gasteiger partial charge on any atom is 0.241 e. The van der Waals surface area contributed by atoms with Gasteiger partial charge in [-0.2, -0.15) is 0 Å². The zero-order valence-electron chi connectivity index (χ0n) is 22.3. The van der Waals surface area contributed by atoms with Crippen LogP contribution in [0.25, 0.3) is 0 Å². The lowest BCUT2D eigenvalue weighted by molar-refractivity contribution is -0.121. The first kappa shape index (κ1) is 27.7. The highest BCUT2D eigenvalue weighted by atomic mass is 32.2. The molecule has 5 rings (SSSR count). The van der Waals surface area contributed by atoms with Gasteiger partial charge in [-0.1, -0.05) is 36.4 Å². The molecule has 0 spiro atoms. The minimum absolute atomic E-state index is 0.00314. The van der Waals surface area contributed by atoms with Crippen LogP contribution in [0.1, 0.15) is 47.5 Å². The van der Waals surface area contributed by atoms with Crippen LogP contribution in [0, 0.1) is 5.82 Å². The van der Waals surface area contributed by atoms with Gasteiger partial charge < -0.3 is 14.2 Å². The number of aryl methyl sites for hydroxylation is 2. The molecule has 1 aromatic heterocycles. The molecule has 208 valence electrons. The summed E-state index contributed by atoms with van der Waals surface area (Å²) in [6.45, 7) is 0.234. The van der Waals surface area contributed by atoms with Crippen LogP contribution in [-0.4, -0.2) is 31.0 Å². The Kier molecular flexibility index (Phi) is 8.11. The minimum atomic E-state index is -3.88. The predicted octanol–water partition coefficient (Wildman–Crippen LogP) is 4.84. The van der Waals surface area contributed by atoms with Gasteiger partial charge in [-0.15, -0.1) is 0 Å². The zero-order chi connectivity index (χ0) is 28.3. The number of carbonyl (C=O) groups is 1. The monoisotopic (exact) mass is 562 g/mol. The number of anilines is 1. The topological polar surface area (TPSA) is 93.5 Å². The standard InChI is InChI=1S/C30H31FN4O4S/c1-34-17-16-32-29(34)20-35(30(36)19-28(39-2)22-6-4-3-5-7-22)24-12-8-21-9-15-27(26(21)18-24)33-40(37,38)25-13-10-23(31)11-14-25/h3-8,10-14,16-18,27-28,33H,9,15,19-20H2,1-2H3/t27-,28-/m1/s1. The number of aromatic nitrogens is 2. The summed E-state index contributed by atoms with van der Waals surface area (Å²) in [4.78, 5) is 19.9. The fourth-order valence-electron chi connectivity index (χ4n) is 5.04. The number of sulfonamides is 1. The van der Waals surface area contributed by atoms with Crippen LogP contribution in [0.3, 0.4) is 0 Å². The van der Waals surface area contributed by atoms with Crippen molar-refractivity contribution in [3.8, 4) is 0 Å². The second kappa shape index (κ2) is 11.7. The van der Waals surface area contributed by atoms with E-state index in [2.05, 4.69) is 9.71 Å². The fourth-order valence-corrected chi connectivity index (χ4v) is 6.29. The normalized spacial score (nSPS) is 15.5. The summed E-state index contributed by atoms with van der Waals surface area (Å²) < 4.78 is 49.8. The summed E-state index contributed by atoms with van der Waals surface area (Å²) in [6.07, 6.45) is 4.46. The lowest BCUT2D eigenvalue weighted by Crippen LogP contribution is -2.33. The fraction of sp³-hybridized carbons (Fsp3) is 0.267. The van der Waals surface area contributed by atoms with Crippen molar-refractivity contribution in [1.82, 2.24) is 14.3 Å². The smallest absolute Gasteiger partial charge is 0.241 e. The molecule has 1 aliphatic carbocycles. The Morgan fingerprint density at radius 2 is 1.90 bits per heavy atom. The summed E-state index contributed by atoms with van der Waals surface area (Å²) in [7, 11) is -0.421. The summed E-state index contributed by atoms with van der Waals surface area (Å²) in [6, 6.07) is 19.6. The van der Waals surface area contributed by atoms with Crippen molar-refractivity contribution in [2.45, 2.75) is 42.8 Å². The molecular weight excluding hydrogens is 531 g/mol. The number of methoxy groups -OCH3 is 1. The first-order chi connectivity index (χ1) is 19.2. The molecule has 0 aliphatic heterocycles. The van der Waals surface area contributed by atoms with Gasteiger partial charge >= 0.3 is 0 Å². The van der Waals surface area contributed by atoms with Crippen LogP contribution < -0.4 is 9.62 Å². The molecule has 2 atom stereocenters. The average molecular weight is 563 g/mol. The molecule has 0 bridgehead atoms. The molecule has 0 saturated carbocycles. The van der Waals surface area contributed by atoms with Crippen LogP contribution in [0.5, 0.6) is 0 Å². The molecule has 10 heteroatoms. The van der Waals surface area contributed by atoms with Crippen LogP contribution in [0.4, 0.5) is 10.1 Å². The van der Waals surface area contributed by atoms with E-state index < -0.39 is 28.0 Å². The number of hydrogen-bond acceptors (Lipinski definition) is 5. The molecule has 1 aliphatic rings. The highest BCUT2D eigenvalue weighted by Gasteiger charge is 2.30. The van der Waals surface area contributed by atoms with Crippen molar-refractivity contribution in [1.29, 1.82) is 0 Å². The Morgan fingerprint density at radius 3 is 2.58 bits per heavy atom. The number of carbonyl (C=O) groups excluding carboxylic acids is 1. The molecular formula is C30H31FN4O4S. The molecule has 1 heterocycles. The van der Waals surface area contributed by atoms with Crippen molar-refractivity contribution in [3.05, 3.63) is 114 Å². The van der Waals surface area contributed by atoms with E-state index in [1.54, 1.807) is 18.2 Å². The van der Waals surface area contributed by atoms with Gasteiger partial charge in [0, 0.05) is 38.3 Å². The van der Waals surface area contributed by atoms with Gasteiger partial charge in [-0.3, -0.25) is 4.79 Å². The highest BCUT2D eigenvalue weighted by molar-refractivity contribution is 7.89. The number of fused-ring (bicyclic) bond motifs is 1. The van der Waals surface area contributed by atoms with Crippen molar-refractivity contribution in [2.75, 3.05) is 12.0 Å². The molecule has 3 aromatic carbocycles. The number of benzene rings is 3. The van der Waals surface area contributed by atoms with E-state index in [0.29, 0.717) is 24.4 Å². The maximum atomic E-state index is 13.8. The number of halogens is 1. The van der Waals surface area contributed by atoms with E-state index in [-0.39, 0.29) is 23.8 Å². The van der Waals surface area contributed by atoms with Crippen LogP contribution in [0.15, 0.2) is 90.1 Å². The molecule has 0 unspecified atom stereocenters. The van der Waals surface area contributed by atoms with Crippen molar-refractivity contribution in [3.63, 3.8) is 0 Å². The first-order valence-electron chi connectivity index (χ1n) is 13.0. The third kappa shape index (κ3) is 5.99. The molecule has 0 radical (unpaired) electrons. The number of rotatable bonds is 10. The summed E-state index contributed by atoms with van der Waals surface area (Å²) in [5.74, 6) is 0.0476. The first-order valence-corrected chi connectivity index (χ1v) is 14.5. The van der Waals surface area contributed by atoms with Crippen LogP contribution in [0.2, 0.25) is 0 Å². The van der Waals surface area contributed by atoms with Gasteiger partial charge in [-0.25, -0.2) is 22.5 Å². The van der Waals surface area contributed by atoms with Gasteiger partial charge in [-0.05, 0) is 65.9 Å². The molecule has 0 saturated heterocycles. The molecule has 1 amide bonds. The lowest BCUT2D eigenvalue weighted by atomic mass is 10.0. The van der Waals surface area contributed by atoms with Gasteiger partial charge in [0.25, 0.3) is 0 Å².